The minimum Gasteiger partial charge on any atom is -0.397 e. The molecular weight excluding hydrogens is 218 g/mol. The van der Waals surface area contributed by atoms with Gasteiger partial charge in [0.2, 0.25) is 0 Å². The van der Waals surface area contributed by atoms with Crippen LogP contribution in [0.15, 0.2) is 18.2 Å². The Bertz CT molecular complexity index is 309. The summed E-state index contributed by atoms with van der Waals surface area (Å²) in [6.07, 6.45) is 0. The van der Waals surface area contributed by atoms with E-state index in [1.807, 2.05) is 12.1 Å². The summed E-state index contributed by atoms with van der Waals surface area (Å²) in [6, 6.07) is 5.45. The molecule has 1 aromatic carbocycles. The molecule has 0 aliphatic carbocycles. The van der Waals surface area contributed by atoms with E-state index in [0.717, 1.165) is 11.3 Å². The van der Waals surface area contributed by atoms with Gasteiger partial charge in [-0.15, -0.1) is 0 Å². The van der Waals surface area contributed by atoms with Crippen LogP contribution in [0.25, 0.3) is 0 Å². The summed E-state index contributed by atoms with van der Waals surface area (Å²) in [7, 11) is 1.78. The van der Waals surface area contributed by atoms with E-state index in [1.54, 1.807) is 13.1 Å². The molecule has 64 valence electrons. The Morgan fingerprint density at radius 1 is 1.58 bits per heavy atom. The monoisotopic (exact) mass is 227 g/mol. The Balaban J connectivity index is 3.27. The zero-order chi connectivity index (χ0) is 9.14. The van der Waals surface area contributed by atoms with Crippen molar-refractivity contribution >= 4 is 31.9 Å². The van der Waals surface area contributed by atoms with Crippen LogP contribution in [-0.2, 0) is 0 Å². The van der Waals surface area contributed by atoms with E-state index in [2.05, 4.69) is 21.2 Å². The third kappa shape index (κ3) is 1.58. The summed E-state index contributed by atoms with van der Waals surface area (Å²) in [5, 5.41) is 10.3. The number of anilines is 2. The third-order valence-electron chi connectivity index (χ3n) is 1.58. The van der Waals surface area contributed by atoms with Gasteiger partial charge in [-0.1, -0.05) is 12.1 Å². The summed E-state index contributed by atoms with van der Waals surface area (Å²) in [6.45, 7) is 0. The fraction of sp³-hybridized carbons (Fsp3) is 0.125. The molecule has 0 heterocycles. The van der Waals surface area contributed by atoms with Gasteiger partial charge in [0.05, 0.1) is 11.4 Å². The van der Waals surface area contributed by atoms with Gasteiger partial charge in [0.15, 0.2) is 0 Å². The third-order valence-corrected chi connectivity index (χ3v) is 2.01. The van der Waals surface area contributed by atoms with Crippen LogP contribution in [0.2, 0.25) is 0 Å². The van der Waals surface area contributed by atoms with Gasteiger partial charge in [0.25, 0.3) is 0 Å². The molecule has 0 radical (unpaired) electrons. The van der Waals surface area contributed by atoms with E-state index in [9.17, 15) is 0 Å². The van der Waals surface area contributed by atoms with Crippen molar-refractivity contribution in [2.45, 2.75) is 0 Å². The lowest BCUT2D eigenvalue weighted by atomic mass is 10.1. The molecule has 0 aliphatic rings. The van der Waals surface area contributed by atoms with Crippen molar-refractivity contribution in [2.75, 3.05) is 18.1 Å². The predicted molar refractivity (Wildman–Crippen MR) is 56.2 cm³/mol. The van der Waals surface area contributed by atoms with Crippen LogP contribution in [0, 0.1) is 5.41 Å². The second-order valence-electron chi connectivity index (χ2n) is 2.33. The van der Waals surface area contributed by atoms with Gasteiger partial charge in [-0.2, -0.15) is 0 Å². The first-order valence-corrected chi connectivity index (χ1v) is 4.26. The number of halogens is 1. The Kier molecular flexibility index (Phi) is 2.70. The molecule has 1 aromatic rings. The molecule has 4 N–H and O–H groups in total. The van der Waals surface area contributed by atoms with Crippen molar-refractivity contribution in [2.24, 2.45) is 0 Å². The first kappa shape index (κ1) is 9.06. The summed E-state index contributed by atoms with van der Waals surface area (Å²) in [4.78, 5) is 0. The number of benzene rings is 1. The van der Waals surface area contributed by atoms with Crippen LogP contribution >= 0.6 is 15.9 Å². The average molecular weight is 228 g/mol. The van der Waals surface area contributed by atoms with Crippen molar-refractivity contribution < 1.29 is 0 Å². The van der Waals surface area contributed by atoms with Crippen LogP contribution in [0.4, 0.5) is 11.4 Å². The summed E-state index contributed by atoms with van der Waals surface area (Å²) >= 11 is 3.10. The average Bonchev–Trinajstić information content (AvgIpc) is 2.03. The standard InChI is InChI=1S/C8H10BrN3/c1-12-7-5(8(9)11)3-2-4-6(7)10/h2-4,11-12H,10H2,1H3. The van der Waals surface area contributed by atoms with Crippen molar-refractivity contribution in [3.05, 3.63) is 23.8 Å². The van der Waals surface area contributed by atoms with E-state index < -0.39 is 0 Å². The second kappa shape index (κ2) is 3.58. The van der Waals surface area contributed by atoms with Crippen LogP contribution in [-0.4, -0.2) is 11.7 Å². The van der Waals surface area contributed by atoms with Crippen molar-refractivity contribution in [3.63, 3.8) is 0 Å². The quantitative estimate of drug-likeness (QED) is 0.535. The number of hydrogen-bond donors (Lipinski definition) is 3. The van der Waals surface area contributed by atoms with Crippen molar-refractivity contribution in [1.82, 2.24) is 0 Å². The van der Waals surface area contributed by atoms with E-state index in [0.29, 0.717) is 10.3 Å². The Labute approximate surface area is 79.6 Å². The number of hydrogen-bond acceptors (Lipinski definition) is 3. The lowest BCUT2D eigenvalue weighted by Gasteiger charge is -2.09. The van der Waals surface area contributed by atoms with Gasteiger partial charge >= 0.3 is 0 Å². The predicted octanol–water partition coefficient (Wildman–Crippen LogP) is 2.03. The van der Waals surface area contributed by atoms with Gasteiger partial charge in [0.1, 0.15) is 4.62 Å². The molecule has 0 saturated heterocycles. The Morgan fingerprint density at radius 3 is 2.67 bits per heavy atom. The van der Waals surface area contributed by atoms with E-state index in [4.69, 9.17) is 11.1 Å². The highest BCUT2D eigenvalue weighted by molar-refractivity contribution is 9.18. The van der Waals surface area contributed by atoms with E-state index in [-0.39, 0.29) is 0 Å². The number of nitrogens with two attached hydrogens (primary N) is 1. The highest BCUT2D eigenvalue weighted by atomic mass is 79.9. The van der Waals surface area contributed by atoms with Gasteiger partial charge in [-0.3, -0.25) is 5.41 Å². The van der Waals surface area contributed by atoms with Crippen molar-refractivity contribution in [3.8, 4) is 0 Å². The molecule has 0 saturated carbocycles. The molecule has 3 nitrogen and oxygen atoms in total. The lowest BCUT2D eigenvalue weighted by molar-refractivity contribution is 1.47. The Hall–Kier alpha value is -1.03. The summed E-state index contributed by atoms with van der Waals surface area (Å²) in [5.41, 5.74) is 7.91. The maximum atomic E-state index is 7.40. The fourth-order valence-electron chi connectivity index (χ4n) is 1.03. The summed E-state index contributed by atoms with van der Waals surface area (Å²) in [5.74, 6) is 0. The topological polar surface area (TPSA) is 61.9 Å². The number of nitrogen functional groups attached to an aromatic ring is 1. The van der Waals surface area contributed by atoms with E-state index >= 15 is 0 Å². The smallest absolute Gasteiger partial charge is 0.106 e. The first-order valence-electron chi connectivity index (χ1n) is 3.47. The SMILES string of the molecule is CNc1c(N)cccc1C(=N)Br. The largest absolute Gasteiger partial charge is 0.397 e. The van der Waals surface area contributed by atoms with Gasteiger partial charge in [-0.25, -0.2) is 0 Å². The molecule has 0 bridgehead atoms. The zero-order valence-electron chi connectivity index (χ0n) is 6.69. The molecule has 0 spiro atoms. The van der Waals surface area contributed by atoms with Gasteiger partial charge in [0, 0.05) is 12.6 Å². The second-order valence-corrected chi connectivity index (χ2v) is 3.13. The summed E-state index contributed by atoms with van der Waals surface area (Å²) < 4.78 is 0.333. The van der Waals surface area contributed by atoms with Gasteiger partial charge < -0.3 is 11.1 Å². The highest BCUT2D eigenvalue weighted by Crippen LogP contribution is 2.24. The molecule has 12 heavy (non-hydrogen) atoms. The molecule has 0 unspecified atom stereocenters. The van der Waals surface area contributed by atoms with Crippen molar-refractivity contribution in [1.29, 1.82) is 5.41 Å². The van der Waals surface area contributed by atoms with Crippen LogP contribution < -0.4 is 11.1 Å². The normalized spacial score (nSPS) is 9.50. The Morgan fingerprint density at radius 2 is 2.25 bits per heavy atom. The number of para-hydroxylation sites is 1. The molecule has 1 rings (SSSR count). The molecule has 0 aromatic heterocycles. The first-order chi connectivity index (χ1) is 5.66. The maximum Gasteiger partial charge on any atom is 0.106 e. The zero-order valence-corrected chi connectivity index (χ0v) is 8.27. The highest BCUT2D eigenvalue weighted by Gasteiger charge is 2.05. The van der Waals surface area contributed by atoms with Crippen LogP contribution in [0.5, 0.6) is 0 Å². The maximum absolute atomic E-state index is 7.40. The molecule has 0 atom stereocenters. The molecular formula is C8H10BrN3. The van der Waals surface area contributed by atoms with Crippen LogP contribution in [0.3, 0.4) is 0 Å². The molecule has 0 amide bonds. The van der Waals surface area contributed by atoms with Crippen LogP contribution in [0.1, 0.15) is 5.56 Å². The molecule has 0 fully saturated rings. The van der Waals surface area contributed by atoms with Gasteiger partial charge in [-0.05, 0) is 22.0 Å². The van der Waals surface area contributed by atoms with E-state index in [1.165, 1.54) is 0 Å². The lowest BCUT2D eigenvalue weighted by Crippen LogP contribution is -2.01. The molecule has 4 heteroatoms. The number of nitrogens with one attached hydrogen (secondary N) is 2. The molecule has 0 aliphatic heterocycles. The minimum atomic E-state index is 0.333. The number of rotatable bonds is 2. The minimum absolute atomic E-state index is 0.333. The fourth-order valence-corrected chi connectivity index (χ4v) is 1.36.